The molecule has 1 rings (SSSR count). The summed E-state index contributed by atoms with van der Waals surface area (Å²) in [5.41, 5.74) is 2.33. The number of hydrogen-bond acceptors (Lipinski definition) is 0. The van der Waals surface area contributed by atoms with E-state index in [1.54, 1.807) is 0 Å². The zero-order valence-corrected chi connectivity index (χ0v) is 8.93. The third-order valence-corrected chi connectivity index (χ3v) is 2.64. The molecule has 1 aromatic heterocycles. The van der Waals surface area contributed by atoms with Crippen LogP contribution < -0.4 is 0 Å². The van der Waals surface area contributed by atoms with E-state index in [2.05, 4.69) is 27.1 Å². The van der Waals surface area contributed by atoms with Gasteiger partial charge in [-0.2, -0.15) is 0 Å². The minimum Gasteiger partial charge on any atom is -0.350 e. The summed E-state index contributed by atoms with van der Waals surface area (Å²) in [7, 11) is 2.02. The van der Waals surface area contributed by atoms with Gasteiger partial charge in [-0.3, -0.25) is 0 Å². The maximum atomic E-state index is 3.76. The van der Waals surface area contributed by atoms with Crippen molar-refractivity contribution in [2.75, 3.05) is 0 Å². The minimum absolute atomic E-state index is 1.10. The van der Waals surface area contributed by atoms with Crippen LogP contribution in [-0.4, -0.2) is 4.57 Å². The predicted molar refractivity (Wildman–Crippen MR) is 58.1 cm³/mol. The molecule has 0 aliphatic carbocycles. The maximum absolute atomic E-state index is 3.76. The Morgan fingerprint density at radius 2 is 2.33 bits per heavy atom. The van der Waals surface area contributed by atoms with Gasteiger partial charge in [0, 0.05) is 23.3 Å². The number of halogens is 1. The minimum atomic E-state index is 1.10. The van der Waals surface area contributed by atoms with E-state index in [9.17, 15) is 0 Å². The summed E-state index contributed by atoms with van der Waals surface area (Å²) in [6, 6.07) is 2.05. The summed E-state index contributed by atoms with van der Waals surface area (Å²) >= 11 is 3.50. The lowest BCUT2D eigenvalue weighted by atomic mass is 10.2. The van der Waals surface area contributed by atoms with Gasteiger partial charge in [-0.1, -0.05) is 18.7 Å². The van der Waals surface area contributed by atoms with Crippen molar-refractivity contribution in [3.05, 3.63) is 36.2 Å². The van der Waals surface area contributed by atoms with Gasteiger partial charge in [0.25, 0.3) is 0 Å². The molecule has 1 nitrogen and oxygen atoms in total. The molecular weight excluding hydrogens is 214 g/mol. The van der Waals surface area contributed by atoms with Crippen LogP contribution in [0.2, 0.25) is 0 Å². The maximum Gasteiger partial charge on any atom is 0.0618 e. The average Bonchev–Trinajstić information content (AvgIpc) is 2.45. The molecule has 0 aromatic carbocycles. The largest absolute Gasteiger partial charge is 0.350 e. The standard InChI is InChI=1S/C10H12BrN/c1-4-8-6-7-12(3)10(8)9(11)5-2/h4-7H,1H2,2-3H3/b9-5+. The lowest BCUT2D eigenvalue weighted by Crippen LogP contribution is -1.91. The third kappa shape index (κ3) is 1.53. The van der Waals surface area contributed by atoms with Crippen molar-refractivity contribution in [3.8, 4) is 0 Å². The van der Waals surface area contributed by atoms with Gasteiger partial charge < -0.3 is 4.57 Å². The number of aromatic nitrogens is 1. The summed E-state index contributed by atoms with van der Waals surface area (Å²) < 4.78 is 3.17. The van der Waals surface area contributed by atoms with Crippen LogP contribution >= 0.6 is 15.9 Å². The van der Waals surface area contributed by atoms with Gasteiger partial charge in [-0.25, -0.2) is 0 Å². The third-order valence-electron chi connectivity index (χ3n) is 1.80. The monoisotopic (exact) mass is 225 g/mol. The molecule has 0 fully saturated rings. The molecule has 1 heterocycles. The van der Waals surface area contributed by atoms with Gasteiger partial charge in [0.1, 0.15) is 0 Å². The van der Waals surface area contributed by atoms with Crippen LogP contribution in [-0.2, 0) is 7.05 Å². The van der Waals surface area contributed by atoms with Crippen molar-refractivity contribution in [2.45, 2.75) is 6.92 Å². The second-order valence-electron chi connectivity index (χ2n) is 2.57. The van der Waals surface area contributed by atoms with E-state index in [1.165, 1.54) is 5.69 Å². The zero-order valence-electron chi connectivity index (χ0n) is 7.34. The van der Waals surface area contributed by atoms with Gasteiger partial charge in [0.05, 0.1) is 5.69 Å². The fourth-order valence-corrected chi connectivity index (χ4v) is 1.67. The first kappa shape index (κ1) is 9.33. The van der Waals surface area contributed by atoms with E-state index < -0.39 is 0 Å². The Hall–Kier alpha value is -0.760. The molecule has 0 saturated heterocycles. The lowest BCUT2D eigenvalue weighted by Gasteiger charge is -2.02. The van der Waals surface area contributed by atoms with Crippen LogP contribution in [0.1, 0.15) is 18.2 Å². The van der Waals surface area contributed by atoms with E-state index in [0.717, 1.165) is 10.0 Å². The Kier molecular flexibility index (Phi) is 2.93. The lowest BCUT2D eigenvalue weighted by molar-refractivity contribution is 0.912. The molecule has 0 amide bonds. The molecule has 2 heteroatoms. The van der Waals surface area contributed by atoms with Crippen LogP contribution in [0.4, 0.5) is 0 Å². The summed E-state index contributed by atoms with van der Waals surface area (Å²) in [6.07, 6.45) is 5.92. The number of aryl methyl sites for hydroxylation is 1. The van der Waals surface area contributed by atoms with Crippen molar-refractivity contribution >= 4 is 26.5 Å². The van der Waals surface area contributed by atoms with Crippen LogP contribution in [0.5, 0.6) is 0 Å². The van der Waals surface area contributed by atoms with Gasteiger partial charge in [0.2, 0.25) is 0 Å². The molecule has 0 radical (unpaired) electrons. The number of nitrogens with zero attached hydrogens (tertiary/aromatic N) is 1. The van der Waals surface area contributed by atoms with E-state index in [-0.39, 0.29) is 0 Å². The molecule has 0 unspecified atom stereocenters. The molecule has 0 N–H and O–H groups in total. The summed E-state index contributed by atoms with van der Waals surface area (Å²) in [5, 5.41) is 0. The molecule has 0 saturated carbocycles. The average molecular weight is 226 g/mol. The Morgan fingerprint density at radius 3 is 2.83 bits per heavy atom. The highest BCUT2D eigenvalue weighted by atomic mass is 79.9. The molecule has 64 valence electrons. The second kappa shape index (κ2) is 3.76. The summed E-state index contributed by atoms with van der Waals surface area (Å²) in [6.45, 7) is 5.76. The summed E-state index contributed by atoms with van der Waals surface area (Å²) in [5.74, 6) is 0. The Labute approximate surface area is 81.5 Å². The molecule has 1 aromatic rings. The van der Waals surface area contributed by atoms with Gasteiger partial charge in [0.15, 0.2) is 0 Å². The molecule has 0 atom stereocenters. The molecule has 0 aliphatic rings. The fourth-order valence-electron chi connectivity index (χ4n) is 1.16. The van der Waals surface area contributed by atoms with Crippen molar-refractivity contribution in [1.29, 1.82) is 0 Å². The SMILES string of the molecule is C=Cc1ccn(C)c1/C(Br)=C\C. The summed E-state index contributed by atoms with van der Waals surface area (Å²) in [4.78, 5) is 0. The van der Waals surface area contributed by atoms with Crippen LogP contribution in [0, 0.1) is 0 Å². The predicted octanol–water partition coefficient (Wildman–Crippen LogP) is 3.42. The first-order chi connectivity index (χ1) is 5.70. The highest BCUT2D eigenvalue weighted by Crippen LogP contribution is 2.25. The topological polar surface area (TPSA) is 4.93 Å². The molecule has 12 heavy (non-hydrogen) atoms. The van der Waals surface area contributed by atoms with Crippen LogP contribution in [0.15, 0.2) is 24.9 Å². The first-order valence-corrected chi connectivity index (χ1v) is 4.60. The van der Waals surface area contributed by atoms with Gasteiger partial charge in [-0.05, 0) is 28.9 Å². The first-order valence-electron chi connectivity index (χ1n) is 3.80. The van der Waals surface area contributed by atoms with E-state index in [1.807, 2.05) is 38.4 Å². The quantitative estimate of drug-likeness (QED) is 0.728. The Bertz CT molecular complexity index is 321. The Morgan fingerprint density at radius 1 is 1.67 bits per heavy atom. The molecule has 0 aliphatic heterocycles. The Balaban J connectivity index is 3.28. The highest BCUT2D eigenvalue weighted by molar-refractivity contribution is 9.15. The molecule has 0 spiro atoms. The van der Waals surface area contributed by atoms with Crippen LogP contribution in [0.3, 0.4) is 0 Å². The number of hydrogen-bond donors (Lipinski definition) is 0. The fraction of sp³-hybridized carbons (Fsp3) is 0.200. The van der Waals surface area contributed by atoms with Crippen molar-refractivity contribution in [1.82, 2.24) is 4.57 Å². The normalized spacial score (nSPS) is 11.8. The van der Waals surface area contributed by atoms with Crippen LogP contribution in [0.25, 0.3) is 10.6 Å². The van der Waals surface area contributed by atoms with Gasteiger partial charge >= 0.3 is 0 Å². The molecular formula is C10H12BrN. The second-order valence-corrected chi connectivity index (χ2v) is 3.43. The van der Waals surface area contributed by atoms with E-state index in [0.29, 0.717) is 0 Å². The zero-order chi connectivity index (χ0) is 9.14. The number of allylic oxidation sites excluding steroid dienone is 1. The van der Waals surface area contributed by atoms with E-state index >= 15 is 0 Å². The smallest absolute Gasteiger partial charge is 0.0618 e. The van der Waals surface area contributed by atoms with E-state index in [4.69, 9.17) is 0 Å². The van der Waals surface area contributed by atoms with Crippen molar-refractivity contribution < 1.29 is 0 Å². The highest BCUT2D eigenvalue weighted by Gasteiger charge is 2.05. The van der Waals surface area contributed by atoms with Crippen molar-refractivity contribution in [2.24, 2.45) is 7.05 Å². The molecule has 0 bridgehead atoms. The number of rotatable bonds is 2. The van der Waals surface area contributed by atoms with Crippen molar-refractivity contribution in [3.63, 3.8) is 0 Å². The van der Waals surface area contributed by atoms with Gasteiger partial charge in [-0.15, -0.1) is 0 Å².